The maximum absolute atomic E-state index is 12.6. The Morgan fingerprint density at radius 3 is 2.16 bits per heavy atom. The number of benzene rings is 2. The Morgan fingerprint density at radius 1 is 0.938 bits per heavy atom. The van der Waals surface area contributed by atoms with Gasteiger partial charge in [0, 0.05) is 24.3 Å². The van der Waals surface area contributed by atoms with Gasteiger partial charge in [-0.05, 0) is 36.4 Å². The van der Waals surface area contributed by atoms with E-state index in [-0.39, 0.29) is 20.1 Å². The third-order valence-corrected chi connectivity index (χ3v) is 8.99. The number of aromatic nitrogens is 2. The van der Waals surface area contributed by atoms with E-state index < -0.39 is 26.0 Å². The van der Waals surface area contributed by atoms with Crippen LogP contribution < -0.4 is 10.0 Å². The van der Waals surface area contributed by atoms with Gasteiger partial charge >= 0.3 is 0 Å². The monoisotopic (exact) mass is 495 g/mol. The number of carbonyl (C=O) groups is 1. The second kappa shape index (κ2) is 9.73. The average molecular weight is 496 g/mol. The van der Waals surface area contributed by atoms with Gasteiger partial charge in [-0.15, -0.1) is 10.2 Å². The molecule has 0 unspecified atom stereocenters. The minimum atomic E-state index is -4.08. The lowest BCUT2D eigenvalue weighted by molar-refractivity contribution is 0.102. The highest BCUT2D eigenvalue weighted by molar-refractivity contribution is 7.94. The molecule has 0 spiro atoms. The Balaban J connectivity index is 1.72. The number of nitrogens with zero attached hydrogens (tertiary/aromatic N) is 3. The van der Waals surface area contributed by atoms with E-state index in [1.54, 1.807) is 44.2 Å². The Morgan fingerprint density at radius 2 is 1.56 bits per heavy atom. The van der Waals surface area contributed by atoms with Gasteiger partial charge < -0.3 is 0 Å². The maximum Gasteiger partial charge on any atom is 0.291 e. The fourth-order valence-corrected chi connectivity index (χ4v) is 6.15. The average Bonchev–Trinajstić information content (AvgIpc) is 3.25. The highest BCUT2D eigenvalue weighted by Crippen LogP contribution is 2.24. The SMILES string of the molecule is CCN(CC)S(=O)(=O)c1ccc(NS(=O)(=O)c2nnc(NC(=O)c3ccccc3)s2)cc1. The highest BCUT2D eigenvalue weighted by Gasteiger charge is 2.23. The summed E-state index contributed by atoms with van der Waals surface area (Å²) >= 11 is 0.692. The molecule has 0 bridgehead atoms. The van der Waals surface area contributed by atoms with Gasteiger partial charge in [0.2, 0.25) is 15.2 Å². The molecule has 3 aromatic rings. The Bertz CT molecular complexity index is 1290. The summed E-state index contributed by atoms with van der Waals surface area (Å²) in [5, 5.41) is 9.87. The van der Waals surface area contributed by atoms with E-state index >= 15 is 0 Å². The van der Waals surface area contributed by atoms with Crippen molar-refractivity contribution in [2.45, 2.75) is 23.1 Å². The van der Waals surface area contributed by atoms with Gasteiger partial charge in [-0.2, -0.15) is 12.7 Å². The molecular weight excluding hydrogens is 474 g/mol. The van der Waals surface area contributed by atoms with Crippen molar-refractivity contribution >= 4 is 48.1 Å². The number of anilines is 2. The zero-order valence-corrected chi connectivity index (χ0v) is 19.7. The fourth-order valence-electron chi connectivity index (χ4n) is 2.73. The molecule has 3 rings (SSSR count). The number of sulfonamides is 2. The van der Waals surface area contributed by atoms with Crippen LogP contribution in [-0.2, 0) is 20.0 Å². The maximum atomic E-state index is 12.6. The molecule has 0 aliphatic rings. The van der Waals surface area contributed by atoms with Crippen LogP contribution in [0.4, 0.5) is 10.8 Å². The van der Waals surface area contributed by atoms with Crippen LogP contribution >= 0.6 is 11.3 Å². The summed E-state index contributed by atoms with van der Waals surface area (Å²) in [4.78, 5) is 12.2. The Labute approximate surface area is 190 Å². The molecule has 1 aromatic heterocycles. The third kappa shape index (κ3) is 5.30. The Hall–Kier alpha value is -2.87. The third-order valence-electron chi connectivity index (χ3n) is 4.34. The van der Waals surface area contributed by atoms with E-state index in [1.807, 2.05) is 0 Å². The van der Waals surface area contributed by atoms with Crippen LogP contribution in [0.5, 0.6) is 0 Å². The summed E-state index contributed by atoms with van der Waals surface area (Å²) in [7, 11) is -7.73. The molecule has 0 aliphatic carbocycles. The summed E-state index contributed by atoms with van der Waals surface area (Å²) in [6, 6.07) is 13.8. The van der Waals surface area contributed by atoms with Crippen LogP contribution in [0.1, 0.15) is 24.2 Å². The van der Waals surface area contributed by atoms with Crippen molar-refractivity contribution in [1.29, 1.82) is 0 Å². The molecule has 1 amide bonds. The smallest absolute Gasteiger partial charge is 0.291 e. The van der Waals surface area contributed by atoms with Crippen LogP contribution in [0.15, 0.2) is 63.8 Å². The molecule has 170 valence electrons. The second-order valence-electron chi connectivity index (χ2n) is 6.41. The molecule has 2 aromatic carbocycles. The number of amides is 1. The van der Waals surface area contributed by atoms with Crippen LogP contribution in [-0.4, -0.2) is 50.3 Å². The first kappa shape index (κ1) is 23.8. The van der Waals surface area contributed by atoms with Gasteiger partial charge in [0.05, 0.1) is 4.90 Å². The van der Waals surface area contributed by atoms with Crippen LogP contribution in [0.25, 0.3) is 0 Å². The molecule has 32 heavy (non-hydrogen) atoms. The number of nitrogens with one attached hydrogen (secondary N) is 2. The standard InChI is InChI=1S/C19H21N5O5S3/c1-3-24(4-2)32(28,29)16-12-10-15(11-13-16)23-31(26,27)19-22-21-18(30-19)20-17(25)14-8-6-5-7-9-14/h5-13,23H,3-4H2,1-2H3,(H,20,21,25). The minimum Gasteiger partial charge on any atom is -0.296 e. The first-order valence-corrected chi connectivity index (χ1v) is 13.2. The molecule has 1 heterocycles. The lowest BCUT2D eigenvalue weighted by atomic mass is 10.2. The summed E-state index contributed by atoms with van der Waals surface area (Å²) in [5.74, 6) is -0.441. The summed E-state index contributed by atoms with van der Waals surface area (Å²) in [5.41, 5.74) is 0.554. The summed E-state index contributed by atoms with van der Waals surface area (Å²) in [6.45, 7) is 4.13. The molecule has 13 heteroatoms. The van der Waals surface area contributed by atoms with Gasteiger partial charge in [-0.3, -0.25) is 14.8 Å². The predicted octanol–water partition coefficient (Wildman–Crippen LogP) is 2.62. The van der Waals surface area contributed by atoms with Crippen molar-refractivity contribution in [2.24, 2.45) is 0 Å². The van der Waals surface area contributed by atoms with Crippen molar-refractivity contribution in [3.05, 3.63) is 60.2 Å². The fraction of sp³-hybridized carbons (Fsp3) is 0.211. The first-order chi connectivity index (χ1) is 15.2. The van der Waals surface area contributed by atoms with Gasteiger partial charge in [0.1, 0.15) is 0 Å². The number of carbonyl (C=O) groups excluding carboxylic acids is 1. The summed E-state index contributed by atoms with van der Waals surface area (Å²) < 4.78 is 53.6. The van der Waals surface area contributed by atoms with Crippen LogP contribution in [0.3, 0.4) is 0 Å². The van der Waals surface area contributed by atoms with Gasteiger partial charge in [0.25, 0.3) is 20.3 Å². The normalized spacial score (nSPS) is 12.0. The van der Waals surface area contributed by atoms with E-state index in [2.05, 4.69) is 20.2 Å². The van der Waals surface area contributed by atoms with Gasteiger partial charge in [0.15, 0.2) is 0 Å². The van der Waals surface area contributed by atoms with Crippen LogP contribution in [0, 0.1) is 0 Å². The first-order valence-electron chi connectivity index (χ1n) is 9.50. The Kier molecular flexibility index (Phi) is 7.23. The lowest BCUT2D eigenvalue weighted by Crippen LogP contribution is -2.30. The predicted molar refractivity (Wildman–Crippen MR) is 122 cm³/mol. The zero-order valence-electron chi connectivity index (χ0n) is 17.2. The largest absolute Gasteiger partial charge is 0.296 e. The van der Waals surface area contributed by atoms with Crippen molar-refractivity contribution < 1.29 is 21.6 Å². The van der Waals surface area contributed by atoms with E-state index in [0.717, 1.165) is 0 Å². The molecule has 0 atom stereocenters. The lowest BCUT2D eigenvalue weighted by Gasteiger charge is -2.18. The topological polar surface area (TPSA) is 138 Å². The molecule has 0 fully saturated rings. The van der Waals surface area contributed by atoms with E-state index in [4.69, 9.17) is 0 Å². The molecular formula is C19H21N5O5S3. The quantitative estimate of drug-likeness (QED) is 0.435. The van der Waals surface area contributed by atoms with Gasteiger partial charge in [-0.25, -0.2) is 8.42 Å². The van der Waals surface area contributed by atoms with E-state index in [9.17, 15) is 21.6 Å². The van der Waals surface area contributed by atoms with Gasteiger partial charge in [-0.1, -0.05) is 43.4 Å². The van der Waals surface area contributed by atoms with E-state index in [0.29, 0.717) is 30.0 Å². The van der Waals surface area contributed by atoms with Crippen molar-refractivity contribution in [1.82, 2.24) is 14.5 Å². The zero-order chi connectivity index (χ0) is 23.4. The van der Waals surface area contributed by atoms with Crippen molar-refractivity contribution in [3.8, 4) is 0 Å². The molecule has 0 aliphatic heterocycles. The second-order valence-corrected chi connectivity index (χ2v) is 11.2. The molecule has 2 N–H and O–H groups in total. The number of hydrogen-bond acceptors (Lipinski definition) is 8. The molecule has 0 saturated carbocycles. The number of hydrogen-bond donors (Lipinski definition) is 2. The highest BCUT2D eigenvalue weighted by atomic mass is 32.2. The number of rotatable bonds is 9. The van der Waals surface area contributed by atoms with Crippen molar-refractivity contribution in [2.75, 3.05) is 23.1 Å². The minimum absolute atomic E-state index is 0.0277. The van der Waals surface area contributed by atoms with Crippen LogP contribution in [0.2, 0.25) is 0 Å². The molecule has 0 radical (unpaired) electrons. The molecule has 10 nitrogen and oxygen atoms in total. The molecule has 0 saturated heterocycles. The summed E-state index contributed by atoms with van der Waals surface area (Å²) in [6.07, 6.45) is 0. The van der Waals surface area contributed by atoms with Crippen molar-refractivity contribution in [3.63, 3.8) is 0 Å². The van der Waals surface area contributed by atoms with E-state index in [1.165, 1.54) is 28.6 Å².